The minimum absolute atomic E-state index is 0.0767. The van der Waals surface area contributed by atoms with E-state index in [0.29, 0.717) is 18.0 Å². The molecule has 2 aromatic heterocycles. The standard InChI is InChI=1S/C32H32F4N4O2/c1-42-30-11-4-25(19-37-30)31(24-2-7-27(33)8-3-24)38-29(41)18-22-12-15-39(16-13-22)20-23-14-17-40(21-23)28-9-5-26(6-10-28)32(34,35)36/h2-11,14,17,19,21-22,31H,12-13,15-16,18,20H2,1H3,(H,38,41). The fraction of sp³-hybridized carbons (Fsp3) is 0.312. The number of carbonyl (C=O) groups excluding carboxylic acids is 1. The molecule has 1 amide bonds. The first kappa shape index (κ1) is 29.3. The molecular weight excluding hydrogens is 548 g/mol. The van der Waals surface area contributed by atoms with Gasteiger partial charge >= 0.3 is 6.18 Å². The number of nitrogens with zero attached hydrogens (tertiary/aromatic N) is 3. The molecule has 3 heterocycles. The highest BCUT2D eigenvalue weighted by atomic mass is 19.4. The lowest BCUT2D eigenvalue weighted by Crippen LogP contribution is -2.36. The second-order valence-corrected chi connectivity index (χ2v) is 10.6. The topological polar surface area (TPSA) is 59.4 Å². The number of carbonyl (C=O) groups is 1. The molecule has 0 radical (unpaired) electrons. The summed E-state index contributed by atoms with van der Waals surface area (Å²) in [6, 6.07) is 16.3. The van der Waals surface area contributed by atoms with Crippen LogP contribution >= 0.6 is 0 Å². The number of rotatable bonds is 9. The van der Waals surface area contributed by atoms with Crippen molar-refractivity contribution < 1.29 is 27.1 Å². The van der Waals surface area contributed by atoms with Crippen LogP contribution in [-0.4, -0.2) is 40.6 Å². The van der Waals surface area contributed by atoms with Crippen LogP contribution in [0.15, 0.2) is 85.3 Å². The third-order valence-electron chi connectivity index (χ3n) is 7.64. The van der Waals surface area contributed by atoms with Gasteiger partial charge in [0.15, 0.2) is 0 Å². The van der Waals surface area contributed by atoms with Gasteiger partial charge in [0.1, 0.15) is 5.82 Å². The molecule has 0 saturated carbocycles. The Morgan fingerprint density at radius 3 is 2.31 bits per heavy atom. The van der Waals surface area contributed by atoms with Gasteiger partial charge in [-0.2, -0.15) is 13.2 Å². The molecular formula is C32H32F4N4O2. The third-order valence-corrected chi connectivity index (χ3v) is 7.64. The monoisotopic (exact) mass is 580 g/mol. The predicted octanol–water partition coefficient (Wildman–Crippen LogP) is 6.55. The quantitative estimate of drug-likeness (QED) is 0.228. The van der Waals surface area contributed by atoms with Crippen LogP contribution in [0, 0.1) is 11.7 Å². The van der Waals surface area contributed by atoms with E-state index in [9.17, 15) is 22.4 Å². The molecule has 1 aliphatic rings. The molecule has 5 rings (SSSR count). The van der Waals surface area contributed by atoms with Gasteiger partial charge in [0.05, 0.1) is 18.7 Å². The SMILES string of the molecule is COc1ccc(C(NC(=O)CC2CCN(Cc3ccn(-c4ccc(C(F)(F)F)cc4)c3)CC2)c2ccc(F)cc2)cn1. The zero-order chi connectivity index (χ0) is 29.7. The zero-order valence-electron chi connectivity index (χ0n) is 23.2. The molecule has 6 nitrogen and oxygen atoms in total. The first-order valence-corrected chi connectivity index (χ1v) is 13.8. The van der Waals surface area contributed by atoms with Gasteiger partial charge in [0.2, 0.25) is 11.8 Å². The summed E-state index contributed by atoms with van der Waals surface area (Å²) in [5.74, 6) is 0.276. The van der Waals surface area contributed by atoms with Crippen LogP contribution in [0.2, 0.25) is 0 Å². The largest absolute Gasteiger partial charge is 0.481 e. The number of amides is 1. The van der Waals surface area contributed by atoms with E-state index in [2.05, 4.69) is 15.2 Å². The lowest BCUT2D eigenvalue weighted by molar-refractivity contribution is -0.137. The normalized spacial score (nSPS) is 15.4. The highest BCUT2D eigenvalue weighted by Crippen LogP contribution is 2.30. The number of nitrogens with one attached hydrogen (secondary N) is 1. The van der Waals surface area contributed by atoms with Crippen LogP contribution in [-0.2, 0) is 17.5 Å². The van der Waals surface area contributed by atoms with Crippen molar-refractivity contribution >= 4 is 5.91 Å². The van der Waals surface area contributed by atoms with Crippen molar-refractivity contribution in [2.45, 2.75) is 38.0 Å². The van der Waals surface area contributed by atoms with E-state index in [1.165, 1.54) is 31.4 Å². The van der Waals surface area contributed by atoms with Gasteiger partial charge in [0.25, 0.3) is 0 Å². The smallest absolute Gasteiger partial charge is 0.416 e. The summed E-state index contributed by atoms with van der Waals surface area (Å²) in [5.41, 5.74) is 2.60. The Labute approximate surface area is 241 Å². The van der Waals surface area contributed by atoms with Crippen LogP contribution in [0.1, 0.15) is 47.6 Å². The Hall–Kier alpha value is -4.18. The Kier molecular flexibility index (Phi) is 8.91. The minimum Gasteiger partial charge on any atom is -0.481 e. The summed E-state index contributed by atoms with van der Waals surface area (Å²) in [6.07, 6.45) is 3.22. The van der Waals surface area contributed by atoms with Crippen molar-refractivity contribution in [3.05, 3.63) is 113 Å². The molecule has 2 aromatic carbocycles. The number of piperidine rings is 1. The first-order valence-electron chi connectivity index (χ1n) is 13.8. The fourth-order valence-electron chi connectivity index (χ4n) is 5.30. The molecule has 10 heteroatoms. The van der Waals surface area contributed by atoms with Gasteiger partial charge in [-0.25, -0.2) is 9.37 Å². The van der Waals surface area contributed by atoms with Crippen molar-refractivity contribution in [1.29, 1.82) is 0 Å². The fourth-order valence-corrected chi connectivity index (χ4v) is 5.30. The number of hydrogen-bond donors (Lipinski definition) is 1. The number of likely N-dealkylation sites (tertiary alicyclic amines) is 1. The summed E-state index contributed by atoms with van der Waals surface area (Å²) in [4.78, 5) is 19.7. The van der Waals surface area contributed by atoms with E-state index in [1.54, 1.807) is 24.4 Å². The molecule has 1 saturated heterocycles. The third kappa shape index (κ3) is 7.36. The van der Waals surface area contributed by atoms with Gasteiger partial charge in [-0.05, 0) is 97.1 Å². The molecule has 1 N–H and O–H groups in total. The summed E-state index contributed by atoms with van der Waals surface area (Å²) in [7, 11) is 1.53. The number of aromatic nitrogens is 2. The number of alkyl halides is 3. The zero-order valence-corrected chi connectivity index (χ0v) is 23.2. The molecule has 0 aliphatic carbocycles. The lowest BCUT2D eigenvalue weighted by atomic mass is 9.92. The highest BCUT2D eigenvalue weighted by molar-refractivity contribution is 5.77. The Bertz CT molecular complexity index is 1460. The lowest BCUT2D eigenvalue weighted by Gasteiger charge is -2.31. The number of pyridine rings is 1. The van der Waals surface area contributed by atoms with Crippen molar-refractivity contribution in [3.8, 4) is 11.6 Å². The van der Waals surface area contributed by atoms with Crippen molar-refractivity contribution in [1.82, 2.24) is 19.8 Å². The van der Waals surface area contributed by atoms with E-state index in [4.69, 9.17) is 4.74 Å². The second-order valence-electron chi connectivity index (χ2n) is 10.6. The molecule has 42 heavy (non-hydrogen) atoms. The second kappa shape index (κ2) is 12.8. The number of hydrogen-bond acceptors (Lipinski definition) is 4. The van der Waals surface area contributed by atoms with Crippen molar-refractivity contribution in [2.75, 3.05) is 20.2 Å². The summed E-state index contributed by atoms with van der Waals surface area (Å²) < 4.78 is 59.1. The minimum atomic E-state index is -4.36. The van der Waals surface area contributed by atoms with Crippen LogP contribution in [0.3, 0.4) is 0 Å². The van der Waals surface area contributed by atoms with Gasteiger partial charge in [-0.15, -0.1) is 0 Å². The van der Waals surface area contributed by atoms with Gasteiger partial charge in [-0.3, -0.25) is 9.69 Å². The molecule has 0 bridgehead atoms. The summed E-state index contributed by atoms with van der Waals surface area (Å²) in [6.45, 7) is 2.41. The number of halogens is 4. The van der Waals surface area contributed by atoms with E-state index in [0.717, 1.165) is 61.3 Å². The van der Waals surface area contributed by atoms with Crippen molar-refractivity contribution in [2.24, 2.45) is 5.92 Å². The summed E-state index contributed by atoms with van der Waals surface area (Å²) >= 11 is 0. The van der Waals surface area contributed by atoms with Gasteiger partial charge in [0, 0.05) is 43.3 Å². The maximum Gasteiger partial charge on any atom is 0.416 e. The number of methoxy groups -OCH3 is 1. The Balaban J connectivity index is 1.14. The van der Waals surface area contributed by atoms with E-state index in [-0.39, 0.29) is 17.6 Å². The van der Waals surface area contributed by atoms with Crippen LogP contribution in [0.5, 0.6) is 5.88 Å². The van der Waals surface area contributed by atoms with Gasteiger partial charge in [-0.1, -0.05) is 12.1 Å². The summed E-state index contributed by atoms with van der Waals surface area (Å²) in [5, 5.41) is 3.11. The molecule has 0 spiro atoms. The average Bonchev–Trinajstić information content (AvgIpc) is 3.46. The molecule has 1 unspecified atom stereocenters. The van der Waals surface area contributed by atoms with Gasteiger partial charge < -0.3 is 14.6 Å². The highest BCUT2D eigenvalue weighted by Gasteiger charge is 2.30. The van der Waals surface area contributed by atoms with E-state index >= 15 is 0 Å². The molecule has 4 aromatic rings. The molecule has 1 fully saturated rings. The number of ether oxygens (including phenoxy) is 1. The first-order chi connectivity index (χ1) is 20.2. The Morgan fingerprint density at radius 1 is 1.00 bits per heavy atom. The predicted molar refractivity (Wildman–Crippen MR) is 151 cm³/mol. The van der Waals surface area contributed by atoms with Crippen molar-refractivity contribution in [3.63, 3.8) is 0 Å². The van der Waals surface area contributed by atoms with Crippen LogP contribution < -0.4 is 10.1 Å². The maximum absolute atomic E-state index is 13.6. The number of benzene rings is 2. The van der Waals surface area contributed by atoms with E-state index < -0.39 is 17.8 Å². The average molecular weight is 581 g/mol. The van der Waals surface area contributed by atoms with Crippen LogP contribution in [0.4, 0.5) is 17.6 Å². The maximum atomic E-state index is 13.6. The molecule has 220 valence electrons. The molecule has 1 atom stereocenters. The van der Waals surface area contributed by atoms with E-state index in [1.807, 2.05) is 29.1 Å². The van der Waals surface area contributed by atoms with Crippen LogP contribution in [0.25, 0.3) is 5.69 Å². The Morgan fingerprint density at radius 2 is 1.69 bits per heavy atom. The molecule has 1 aliphatic heterocycles.